The Kier molecular flexibility index (Phi) is 7.02. The predicted molar refractivity (Wildman–Crippen MR) is 70.4 cm³/mol. The minimum atomic E-state index is 0. The number of ketones is 1. The summed E-state index contributed by atoms with van der Waals surface area (Å²) in [4.78, 5) is 14.2. The highest BCUT2D eigenvalue weighted by atomic mass is 35.5. The fourth-order valence-corrected chi connectivity index (χ4v) is 1.71. The van der Waals surface area contributed by atoms with Gasteiger partial charge in [0.15, 0.2) is 5.78 Å². The number of likely N-dealkylation sites (N-methyl/N-ethyl adjacent to an activating group) is 1. The highest BCUT2D eigenvalue weighted by Crippen LogP contribution is 2.10. The van der Waals surface area contributed by atoms with Crippen LogP contribution in [0.5, 0.6) is 0 Å². The molecule has 1 atom stereocenters. The zero-order valence-electron chi connectivity index (χ0n) is 10.1. The molecule has 0 spiro atoms. The third-order valence-electron chi connectivity index (χ3n) is 2.78. The van der Waals surface area contributed by atoms with Gasteiger partial charge in [-0.25, -0.2) is 0 Å². The molecule has 1 rings (SSSR count). The number of hydrogen-bond acceptors (Lipinski definition) is 2. The molecule has 1 aromatic carbocycles. The van der Waals surface area contributed by atoms with Gasteiger partial charge in [-0.05, 0) is 20.0 Å². The molecule has 2 nitrogen and oxygen atoms in total. The standard InChI is InChI=1S/C13H19NO.ClH/c1-4-12(14(3)5-2)13(15)11-9-7-6-8-10-11;/h6-10,12H,4-5H2,1-3H3;1H. The molecule has 1 unspecified atom stereocenters. The molecule has 0 aliphatic heterocycles. The van der Waals surface area contributed by atoms with Crippen molar-refractivity contribution < 1.29 is 4.79 Å². The molecule has 0 aliphatic carbocycles. The van der Waals surface area contributed by atoms with Crippen molar-refractivity contribution in [1.29, 1.82) is 0 Å². The third-order valence-corrected chi connectivity index (χ3v) is 2.78. The number of halogens is 1. The lowest BCUT2D eigenvalue weighted by Gasteiger charge is -2.24. The molecule has 3 heteroatoms. The molecule has 0 saturated carbocycles. The summed E-state index contributed by atoms with van der Waals surface area (Å²) < 4.78 is 0. The summed E-state index contributed by atoms with van der Waals surface area (Å²) in [6.07, 6.45) is 0.859. The van der Waals surface area contributed by atoms with Crippen molar-refractivity contribution in [2.45, 2.75) is 26.3 Å². The van der Waals surface area contributed by atoms with Crippen LogP contribution < -0.4 is 0 Å². The number of rotatable bonds is 5. The number of carbonyl (C=O) groups is 1. The molecule has 0 heterocycles. The van der Waals surface area contributed by atoms with Gasteiger partial charge in [-0.1, -0.05) is 44.2 Å². The first-order chi connectivity index (χ1) is 7.20. The van der Waals surface area contributed by atoms with E-state index in [1.54, 1.807) is 0 Å². The Labute approximate surface area is 104 Å². The van der Waals surface area contributed by atoms with Crippen LogP contribution in [-0.4, -0.2) is 30.3 Å². The van der Waals surface area contributed by atoms with Crippen molar-refractivity contribution in [3.05, 3.63) is 35.9 Å². The van der Waals surface area contributed by atoms with E-state index < -0.39 is 0 Å². The smallest absolute Gasteiger partial charge is 0.179 e. The Morgan fingerprint density at radius 2 is 1.81 bits per heavy atom. The summed E-state index contributed by atoms with van der Waals surface area (Å²) in [5.74, 6) is 0.224. The van der Waals surface area contributed by atoms with E-state index in [1.165, 1.54) is 0 Å². The van der Waals surface area contributed by atoms with Gasteiger partial charge < -0.3 is 0 Å². The Balaban J connectivity index is 0.00000225. The first-order valence-electron chi connectivity index (χ1n) is 5.50. The van der Waals surface area contributed by atoms with E-state index >= 15 is 0 Å². The van der Waals surface area contributed by atoms with Crippen LogP contribution in [0.25, 0.3) is 0 Å². The summed E-state index contributed by atoms with van der Waals surface area (Å²) in [6, 6.07) is 9.53. The molecule has 0 saturated heterocycles. The van der Waals surface area contributed by atoms with Crippen molar-refractivity contribution in [3.63, 3.8) is 0 Å². The number of nitrogens with zero attached hydrogens (tertiary/aromatic N) is 1. The molecular formula is C13H20ClNO. The van der Waals surface area contributed by atoms with Crippen LogP contribution in [0.4, 0.5) is 0 Å². The molecule has 0 fully saturated rings. The summed E-state index contributed by atoms with van der Waals surface area (Å²) in [7, 11) is 2.00. The molecule has 16 heavy (non-hydrogen) atoms. The van der Waals surface area contributed by atoms with E-state index in [2.05, 4.69) is 18.7 Å². The van der Waals surface area contributed by atoms with Crippen molar-refractivity contribution in [2.75, 3.05) is 13.6 Å². The topological polar surface area (TPSA) is 20.3 Å². The number of carbonyl (C=O) groups excluding carboxylic acids is 1. The van der Waals surface area contributed by atoms with Gasteiger partial charge in [0.05, 0.1) is 6.04 Å². The van der Waals surface area contributed by atoms with Crippen LogP contribution in [0.15, 0.2) is 30.3 Å². The minimum absolute atomic E-state index is 0. The lowest BCUT2D eigenvalue weighted by molar-refractivity contribution is 0.0852. The highest BCUT2D eigenvalue weighted by molar-refractivity contribution is 6.00. The Morgan fingerprint density at radius 3 is 2.25 bits per heavy atom. The molecule has 0 aliphatic rings. The quantitative estimate of drug-likeness (QED) is 0.739. The molecule has 0 aromatic heterocycles. The van der Waals surface area contributed by atoms with Crippen LogP contribution in [0.3, 0.4) is 0 Å². The molecule has 90 valence electrons. The van der Waals surface area contributed by atoms with Crippen LogP contribution >= 0.6 is 12.4 Å². The van der Waals surface area contributed by atoms with E-state index in [0.29, 0.717) is 0 Å². The van der Waals surface area contributed by atoms with E-state index in [1.807, 2.05) is 37.4 Å². The van der Waals surface area contributed by atoms with Gasteiger partial charge in [-0.3, -0.25) is 9.69 Å². The normalized spacial score (nSPS) is 12.0. The predicted octanol–water partition coefficient (Wildman–Crippen LogP) is 3.02. The summed E-state index contributed by atoms with van der Waals surface area (Å²) in [5, 5.41) is 0. The van der Waals surface area contributed by atoms with E-state index in [9.17, 15) is 4.79 Å². The molecule has 0 bridgehead atoms. The van der Waals surface area contributed by atoms with E-state index in [4.69, 9.17) is 0 Å². The number of benzene rings is 1. The number of Topliss-reactive ketones (excluding diaryl/α,β-unsaturated/α-hetero) is 1. The first-order valence-corrected chi connectivity index (χ1v) is 5.50. The maximum atomic E-state index is 12.1. The fourth-order valence-electron chi connectivity index (χ4n) is 1.71. The summed E-state index contributed by atoms with van der Waals surface area (Å²) >= 11 is 0. The Morgan fingerprint density at radius 1 is 1.25 bits per heavy atom. The maximum Gasteiger partial charge on any atom is 0.179 e. The third kappa shape index (κ3) is 3.62. The van der Waals surface area contributed by atoms with Gasteiger partial charge in [0.1, 0.15) is 0 Å². The second kappa shape index (κ2) is 7.42. The highest BCUT2D eigenvalue weighted by Gasteiger charge is 2.20. The lowest BCUT2D eigenvalue weighted by Crippen LogP contribution is -2.37. The zero-order chi connectivity index (χ0) is 11.3. The molecule has 0 radical (unpaired) electrons. The monoisotopic (exact) mass is 241 g/mol. The van der Waals surface area contributed by atoms with Gasteiger partial charge in [0.25, 0.3) is 0 Å². The van der Waals surface area contributed by atoms with Gasteiger partial charge in [-0.2, -0.15) is 0 Å². The van der Waals surface area contributed by atoms with Crippen LogP contribution in [0, 0.1) is 0 Å². The van der Waals surface area contributed by atoms with Crippen molar-refractivity contribution in [3.8, 4) is 0 Å². The molecule has 1 aromatic rings. The van der Waals surface area contributed by atoms with Gasteiger partial charge in [0.2, 0.25) is 0 Å². The van der Waals surface area contributed by atoms with E-state index in [0.717, 1.165) is 18.5 Å². The Bertz CT molecular complexity index is 313. The van der Waals surface area contributed by atoms with Crippen molar-refractivity contribution >= 4 is 18.2 Å². The fraction of sp³-hybridized carbons (Fsp3) is 0.462. The van der Waals surface area contributed by atoms with Crippen LogP contribution in [-0.2, 0) is 0 Å². The summed E-state index contributed by atoms with van der Waals surface area (Å²) in [5.41, 5.74) is 0.810. The minimum Gasteiger partial charge on any atom is -0.297 e. The number of hydrogen-bond donors (Lipinski definition) is 0. The van der Waals surface area contributed by atoms with Crippen LogP contribution in [0.2, 0.25) is 0 Å². The van der Waals surface area contributed by atoms with E-state index in [-0.39, 0.29) is 24.2 Å². The maximum absolute atomic E-state index is 12.1. The van der Waals surface area contributed by atoms with Crippen molar-refractivity contribution in [2.24, 2.45) is 0 Å². The molecule has 0 N–H and O–H groups in total. The average Bonchev–Trinajstić information content (AvgIpc) is 2.30. The lowest BCUT2D eigenvalue weighted by atomic mass is 10.0. The van der Waals surface area contributed by atoms with Gasteiger partial charge in [0, 0.05) is 5.56 Å². The average molecular weight is 242 g/mol. The van der Waals surface area contributed by atoms with Crippen LogP contribution in [0.1, 0.15) is 30.6 Å². The SMILES string of the molecule is CCC(C(=O)c1ccccc1)N(C)CC.Cl. The van der Waals surface area contributed by atoms with Crippen molar-refractivity contribution in [1.82, 2.24) is 4.90 Å². The first kappa shape index (κ1) is 15.1. The van der Waals surface area contributed by atoms with Gasteiger partial charge >= 0.3 is 0 Å². The second-order valence-electron chi connectivity index (χ2n) is 3.73. The Hall–Kier alpha value is -0.860. The zero-order valence-corrected chi connectivity index (χ0v) is 11.0. The molecular weight excluding hydrogens is 222 g/mol. The summed E-state index contributed by atoms with van der Waals surface area (Å²) in [6.45, 7) is 5.02. The largest absolute Gasteiger partial charge is 0.297 e. The second-order valence-corrected chi connectivity index (χ2v) is 3.73. The van der Waals surface area contributed by atoms with Gasteiger partial charge in [-0.15, -0.1) is 12.4 Å². The molecule has 0 amide bonds.